The number of sulfone groups is 1. The number of benzene rings is 1. The van der Waals surface area contributed by atoms with Gasteiger partial charge in [0.05, 0.1) is 5.02 Å². The summed E-state index contributed by atoms with van der Waals surface area (Å²) < 4.78 is 41.1. The third kappa shape index (κ3) is 2.66. The van der Waals surface area contributed by atoms with Crippen LogP contribution in [-0.4, -0.2) is 30.9 Å². The highest BCUT2D eigenvalue weighted by Crippen LogP contribution is 2.30. The van der Waals surface area contributed by atoms with Crippen molar-refractivity contribution in [3.05, 3.63) is 34.8 Å². The molecule has 0 saturated carbocycles. The lowest BCUT2D eigenvalue weighted by Gasteiger charge is -2.05. The first-order valence-electron chi connectivity index (χ1n) is 5.09. The molecule has 0 saturated heterocycles. The van der Waals surface area contributed by atoms with Crippen LogP contribution in [0, 0.1) is 5.82 Å². The zero-order chi connectivity index (χ0) is 15.1. The second-order valence-electron chi connectivity index (χ2n) is 3.92. The van der Waals surface area contributed by atoms with Crippen LogP contribution in [0.2, 0.25) is 5.02 Å². The minimum Gasteiger partial charge on any atom is -0.475 e. The maximum atomic E-state index is 13.8. The molecule has 1 aromatic carbocycles. The van der Waals surface area contributed by atoms with E-state index >= 15 is 0 Å². The number of nitrogens with zero attached hydrogens (tertiary/aromatic N) is 1. The van der Waals surface area contributed by atoms with Gasteiger partial charge in [-0.1, -0.05) is 16.8 Å². The van der Waals surface area contributed by atoms with Gasteiger partial charge in [0.1, 0.15) is 16.4 Å². The molecule has 1 heterocycles. The van der Waals surface area contributed by atoms with Gasteiger partial charge < -0.3 is 9.63 Å². The summed E-state index contributed by atoms with van der Waals surface area (Å²) in [5.41, 5.74) is 0.138. The molecule has 2 rings (SSSR count). The second-order valence-corrected chi connectivity index (χ2v) is 6.28. The number of carboxylic acid groups (broad SMARTS) is 1. The molecule has 1 N–H and O–H groups in total. The lowest BCUT2D eigenvalue weighted by atomic mass is 10.1. The standard InChI is InChI=1S/C11H7ClFNO5S/c1-20(17,18)10-6(12)2-5(3-7(10)13)8-4-9(11(15)16)19-14-8/h2-4H,1H3,(H,15,16). The Morgan fingerprint density at radius 1 is 1.40 bits per heavy atom. The zero-order valence-corrected chi connectivity index (χ0v) is 11.5. The third-order valence-corrected chi connectivity index (χ3v) is 3.95. The monoisotopic (exact) mass is 319 g/mol. The first kappa shape index (κ1) is 14.5. The largest absolute Gasteiger partial charge is 0.475 e. The van der Waals surface area contributed by atoms with Crippen molar-refractivity contribution in [1.82, 2.24) is 5.16 Å². The molecule has 0 aliphatic carbocycles. The minimum absolute atomic E-state index is 0.0308. The van der Waals surface area contributed by atoms with E-state index in [0.717, 1.165) is 18.4 Å². The van der Waals surface area contributed by atoms with Gasteiger partial charge in [-0.2, -0.15) is 0 Å². The smallest absolute Gasteiger partial charge is 0.374 e. The van der Waals surface area contributed by atoms with Crippen LogP contribution in [-0.2, 0) is 9.84 Å². The van der Waals surface area contributed by atoms with Crippen molar-refractivity contribution in [2.45, 2.75) is 4.90 Å². The molecule has 0 aliphatic rings. The number of hydrogen-bond donors (Lipinski definition) is 1. The fourth-order valence-electron chi connectivity index (χ4n) is 1.57. The number of aromatic nitrogens is 1. The molecule has 0 atom stereocenters. The predicted molar refractivity (Wildman–Crippen MR) is 67.0 cm³/mol. The van der Waals surface area contributed by atoms with Gasteiger partial charge in [0.25, 0.3) is 0 Å². The van der Waals surface area contributed by atoms with Gasteiger partial charge in [-0.3, -0.25) is 0 Å². The Morgan fingerprint density at radius 3 is 2.50 bits per heavy atom. The molecule has 0 amide bonds. The number of halogens is 2. The Morgan fingerprint density at radius 2 is 2.05 bits per heavy atom. The van der Waals surface area contributed by atoms with E-state index in [1.807, 2.05) is 0 Å². The summed E-state index contributed by atoms with van der Waals surface area (Å²) in [4.78, 5) is 10.0. The van der Waals surface area contributed by atoms with E-state index in [-0.39, 0.29) is 16.3 Å². The van der Waals surface area contributed by atoms with Gasteiger partial charge in [-0.15, -0.1) is 0 Å². The van der Waals surface area contributed by atoms with Gasteiger partial charge in [-0.25, -0.2) is 17.6 Å². The Kier molecular flexibility index (Phi) is 3.53. The normalized spacial score (nSPS) is 11.6. The number of hydrogen-bond acceptors (Lipinski definition) is 5. The molecule has 0 radical (unpaired) electrons. The Labute approximate surface area is 117 Å². The van der Waals surface area contributed by atoms with Crippen molar-refractivity contribution in [2.75, 3.05) is 6.26 Å². The van der Waals surface area contributed by atoms with Crippen LogP contribution in [0.1, 0.15) is 10.6 Å². The van der Waals surface area contributed by atoms with Crippen molar-refractivity contribution in [3.63, 3.8) is 0 Å². The fraction of sp³-hybridized carbons (Fsp3) is 0.0909. The van der Waals surface area contributed by atoms with Crippen LogP contribution in [0.4, 0.5) is 4.39 Å². The lowest BCUT2D eigenvalue weighted by Crippen LogP contribution is -2.02. The minimum atomic E-state index is -3.82. The molecule has 1 aromatic heterocycles. The maximum absolute atomic E-state index is 13.8. The molecular formula is C11H7ClFNO5S. The van der Waals surface area contributed by atoms with Gasteiger partial charge in [0.15, 0.2) is 9.84 Å². The number of carboxylic acids is 1. The average molecular weight is 320 g/mol. The van der Waals surface area contributed by atoms with Crippen LogP contribution in [0.25, 0.3) is 11.3 Å². The molecule has 0 spiro atoms. The van der Waals surface area contributed by atoms with Crippen molar-refractivity contribution >= 4 is 27.4 Å². The summed E-state index contributed by atoms with van der Waals surface area (Å²) in [6.45, 7) is 0. The van der Waals surface area contributed by atoms with Crippen molar-refractivity contribution in [2.24, 2.45) is 0 Å². The van der Waals surface area contributed by atoms with Gasteiger partial charge in [-0.05, 0) is 12.1 Å². The van der Waals surface area contributed by atoms with E-state index in [1.54, 1.807) is 0 Å². The van der Waals surface area contributed by atoms with Gasteiger partial charge in [0, 0.05) is 17.9 Å². The highest BCUT2D eigenvalue weighted by atomic mass is 35.5. The SMILES string of the molecule is CS(=O)(=O)c1c(F)cc(-c2cc(C(=O)O)on2)cc1Cl. The van der Waals surface area contributed by atoms with E-state index in [9.17, 15) is 17.6 Å². The van der Waals surface area contributed by atoms with E-state index in [0.29, 0.717) is 0 Å². The highest BCUT2D eigenvalue weighted by molar-refractivity contribution is 7.90. The van der Waals surface area contributed by atoms with Crippen molar-refractivity contribution in [1.29, 1.82) is 0 Å². The molecule has 20 heavy (non-hydrogen) atoms. The van der Waals surface area contributed by atoms with E-state index in [2.05, 4.69) is 9.68 Å². The third-order valence-electron chi connectivity index (χ3n) is 2.39. The topological polar surface area (TPSA) is 97.5 Å². The first-order valence-corrected chi connectivity index (χ1v) is 7.36. The van der Waals surface area contributed by atoms with Crippen LogP contribution < -0.4 is 0 Å². The number of carbonyl (C=O) groups is 1. The van der Waals surface area contributed by atoms with Gasteiger partial charge >= 0.3 is 5.97 Å². The molecule has 0 unspecified atom stereocenters. The summed E-state index contributed by atoms with van der Waals surface area (Å²) in [5.74, 6) is -2.80. The summed E-state index contributed by atoms with van der Waals surface area (Å²) in [6, 6.07) is 3.14. The van der Waals surface area contributed by atoms with Crippen LogP contribution in [0.15, 0.2) is 27.6 Å². The maximum Gasteiger partial charge on any atom is 0.374 e. The molecular weight excluding hydrogens is 313 g/mol. The van der Waals surface area contributed by atoms with E-state index < -0.39 is 32.3 Å². The predicted octanol–water partition coefficient (Wildman–Crippen LogP) is 2.24. The Bertz CT molecular complexity index is 776. The lowest BCUT2D eigenvalue weighted by molar-refractivity contribution is 0.0652. The summed E-state index contributed by atoms with van der Waals surface area (Å²) >= 11 is 5.74. The number of rotatable bonds is 3. The van der Waals surface area contributed by atoms with Crippen molar-refractivity contribution < 1.29 is 27.2 Å². The van der Waals surface area contributed by atoms with Gasteiger partial charge in [0.2, 0.25) is 5.76 Å². The van der Waals surface area contributed by atoms with Crippen LogP contribution in [0.5, 0.6) is 0 Å². The van der Waals surface area contributed by atoms with E-state index in [1.165, 1.54) is 6.07 Å². The second kappa shape index (κ2) is 4.88. The molecule has 2 aromatic rings. The molecule has 0 fully saturated rings. The average Bonchev–Trinajstić information content (AvgIpc) is 2.74. The summed E-state index contributed by atoms with van der Waals surface area (Å²) in [6.07, 6.45) is 0.829. The van der Waals surface area contributed by atoms with E-state index in [4.69, 9.17) is 16.7 Å². The Hall–Kier alpha value is -1.93. The summed E-state index contributed by atoms with van der Waals surface area (Å²) in [7, 11) is -3.82. The molecule has 0 bridgehead atoms. The van der Waals surface area contributed by atoms with Crippen LogP contribution in [0.3, 0.4) is 0 Å². The molecule has 106 valence electrons. The number of aromatic carboxylic acids is 1. The Balaban J connectivity index is 2.57. The van der Waals surface area contributed by atoms with Crippen molar-refractivity contribution in [3.8, 4) is 11.3 Å². The first-order chi connectivity index (χ1) is 9.20. The fourth-order valence-corrected chi connectivity index (χ4v) is 3.03. The molecule has 6 nitrogen and oxygen atoms in total. The van der Waals surface area contributed by atoms with Crippen LogP contribution >= 0.6 is 11.6 Å². The molecule has 9 heteroatoms. The highest BCUT2D eigenvalue weighted by Gasteiger charge is 2.21. The quantitative estimate of drug-likeness (QED) is 0.931. The molecule has 0 aliphatic heterocycles. The summed E-state index contributed by atoms with van der Waals surface area (Å²) in [5, 5.41) is 11.8. The zero-order valence-electron chi connectivity index (χ0n) is 9.92.